The molecule has 0 saturated carbocycles. The standard InChI is InChI=1S/C19H23NO7S/c1-5-28-19-13-12(16(21)27-19)14(17(22)25-3)20(15(13)18(23)26-4)10-6-8-11(24-2)9-7-10/h6-9,12-15,19H,5H2,1-4H3/t12-,13+,14+,15+,19-/m1/s1. The summed E-state index contributed by atoms with van der Waals surface area (Å²) in [7, 11) is 4.09. The van der Waals surface area contributed by atoms with Crippen LogP contribution in [-0.2, 0) is 28.6 Å². The van der Waals surface area contributed by atoms with Crippen LogP contribution in [-0.4, -0.2) is 62.5 Å². The minimum Gasteiger partial charge on any atom is -0.497 e. The van der Waals surface area contributed by atoms with E-state index in [0.717, 1.165) is 0 Å². The number of ether oxygens (including phenoxy) is 4. The van der Waals surface area contributed by atoms with E-state index in [0.29, 0.717) is 17.2 Å². The monoisotopic (exact) mass is 409 g/mol. The zero-order valence-corrected chi connectivity index (χ0v) is 16.9. The molecule has 0 spiro atoms. The molecule has 0 radical (unpaired) electrons. The molecule has 2 fully saturated rings. The van der Waals surface area contributed by atoms with Crippen LogP contribution in [0.3, 0.4) is 0 Å². The second-order valence-corrected chi connectivity index (χ2v) is 7.78. The Bertz CT molecular complexity index is 753. The quantitative estimate of drug-likeness (QED) is 0.511. The number of hydrogen-bond donors (Lipinski definition) is 0. The zero-order valence-electron chi connectivity index (χ0n) is 16.1. The summed E-state index contributed by atoms with van der Waals surface area (Å²) in [5, 5.41) is 0. The average Bonchev–Trinajstić information content (AvgIpc) is 3.23. The van der Waals surface area contributed by atoms with Crippen molar-refractivity contribution >= 4 is 35.4 Å². The number of methoxy groups -OCH3 is 3. The molecular weight excluding hydrogens is 386 g/mol. The predicted molar refractivity (Wildman–Crippen MR) is 102 cm³/mol. The summed E-state index contributed by atoms with van der Waals surface area (Å²) < 4.78 is 20.7. The minimum absolute atomic E-state index is 0.503. The van der Waals surface area contributed by atoms with Crippen LogP contribution in [0.2, 0.25) is 0 Å². The molecule has 2 saturated heterocycles. The Hall–Kier alpha value is -2.42. The van der Waals surface area contributed by atoms with Gasteiger partial charge >= 0.3 is 17.9 Å². The highest BCUT2D eigenvalue weighted by molar-refractivity contribution is 7.99. The number of rotatable bonds is 6. The molecule has 0 unspecified atom stereocenters. The Kier molecular flexibility index (Phi) is 6.02. The van der Waals surface area contributed by atoms with Gasteiger partial charge in [-0.3, -0.25) is 4.79 Å². The Balaban J connectivity index is 2.12. The number of thioether (sulfide) groups is 1. The van der Waals surface area contributed by atoms with Gasteiger partial charge in [0.2, 0.25) is 0 Å². The minimum atomic E-state index is -0.984. The Morgan fingerprint density at radius 3 is 2.21 bits per heavy atom. The van der Waals surface area contributed by atoms with Gasteiger partial charge in [0.1, 0.15) is 17.8 Å². The van der Waals surface area contributed by atoms with Crippen LogP contribution < -0.4 is 9.64 Å². The lowest BCUT2D eigenvalue weighted by molar-refractivity contribution is -0.150. The third-order valence-electron chi connectivity index (χ3n) is 5.12. The lowest BCUT2D eigenvalue weighted by Gasteiger charge is -2.32. The van der Waals surface area contributed by atoms with E-state index in [9.17, 15) is 14.4 Å². The zero-order chi connectivity index (χ0) is 20.4. The predicted octanol–water partition coefficient (Wildman–Crippen LogP) is 1.47. The van der Waals surface area contributed by atoms with Crippen molar-refractivity contribution in [1.29, 1.82) is 0 Å². The molecule has 2 heterocycles. The summed E-state index contributed by atoms with van der Waals surface area (Å²) in [6.45, 7) is 1.94. The lowest BCUT2D eigenvalue weighted by Crippen LogP contribution is -2.49. The lowest BCUT2D eigenvalue weighted by atomic mass is 9.89. The number of carbonyl (C=O) groups is 3. The maximum atomic E-state index is 12.8. The third kappa shape index (κ3) is 3.28. The number of cyclic esters (lactones) is 1. The Labute approximate surface area is 167 Å². The van der Waals surface area contributed by atoms with Gasteiger partial charge in [-0.25, -0.2) is 9.59 Å². The molecule has 3 rings (SSSR count). The van der Waals surface area contributed by atoms with E-state index in [1.807, 2.05) is 6.92 Å². The summed E-state index contributed by atoms with van der Waals surface area (Å²) in [5.41, 5.74) is 0.0519. The van der Waals surface area contributed by atoms with Gasteiger partial charge in [0.05, 0.1) is 33.2 Å². The van der Waals surface area contributed by atoms with E-state index in [4.69, 9.17) is 18.9 Å². The van der Waals surface area contributed by atoms with Gasteiger partial charge in [-0.1, -0.05) is 6.92 Å². The van der Waals surface area contributed by atoms with Crippen LogP contribution in [0.25, 0.3) is 0 Å². The molecule has 2 aliphatic rings. The summed E-state index contributed by atoms with van der Waals surface area (Å²) in [4.78, 5) is 39.7. The highest BCUT2D eigenvalue weighted by atomic mass is 32.2. The smallest absolute Gasteiger partial charge is 0.329 e. The van der Waals surface area contributed by atoms with Gasteiger partial charge in [0, 0.05) is 5.69 Å². The van der Waals surface area contributed by atoms with Crippen LogP contribution in [0.5, 0.6) is 5.75 Å². The summed E-state index contributed by atoms with van der Waals surface area (Å²) in [6.07, 6.45) is 0. The van der Waals surface area contributed by atoms with E-state index in [-0.39, 0.29) is 0 Å². The van der Waals surface area contributed by atoms with E-state index < -0.39 is 47.3 Å². The number of anilines is 1. The van der Waals surface area contributed by atoms with Crippen LogP contribution in [0.15, 0.2) is 24.3 Å². The maximum Gasteiger partial charge on any atom is 0.329 e. The van der Waals surface area contributed by atoms with Gasteiger partial charge in [0.15, 0.2) is 5.44 Å². The highest BCUT2D eigenvalue weighted by Gasteiger charge is 2.65. The van der Waals surface area contributed by atoms with Crippen LogP contribution in [0.4, 0.5) is 5.69 Å². The molecule has 152 valence electrons. The van der Waals surface area contributed by atoms with Gasteiger partial charge in [0.25, 0.3) is 0 Å². The molecule has 8 nitrogen and oxygen atoms in total. The number of carbonyl (C=O) groups excluding carboxylic acids is 3. The summed E-state index contributed by atoms with van der Waals surface area (Å²) in [5.74, 6) is -1.66. The maximum absolute atomic E-state index is 12.8. The van der Waals surface area contributed by atoms with E-state index in [1.54, 1.807) is 36.3 Å². The molecule has 1 aromatic carbocycles. The first-order chi connectivity index (χ1) is 13.5. The van der Waals surface area contributed by atoms with Crippen LogP contribution in [0.1, 0.15) is 6.92 Å². The van der Waals surface area contributed by atoms with Crippen molar-refractivity contribution < 1.29 is 33.3 Å². The molecule has 28 heavy (non-hydrogen) atoms. The van der Waals surface area contributed by atoms with Crippen molar-refractivity contribution in [2.75, 3.05) is 32.0 Å². The van der Waals surface area contributed by atoms with Crippen LogP contribution >= 0.6 is 11.8 Å². The fraction of sp³-hybridized carbons (Fsp3) is 0.526. The second-order valence-electron chi connectivity index (χ2n) is 6.41. The number of hydrogen-bond acceptors (Lipinski definition) is 9. The van der Waals surface area contributed by atoms with Crippen molar-refractivity contribution in [3.05, 3.63) is 24.3 Å². The normalized spacial score (nSPS) is 28.5. The molecular formula is C19H23NO7S. The molecule has 0 N–H and O–H groups in total. The van der Waals surface area contributed by atoms with E-state index >= 15 is 0 Å². The number of esters is 3. The molecule has 9 heteroatoms. The van der Waals surface area contributed by atoms with Crippen molar-refractivity contribution in [2.45, 2.75) is 24.4 Å². The molecule has 0 aliphatic carbocycles. The first kappa shape index (κ1) is 20.3. The molecule has 5 atom stereocenters. The molecule has 1 aromatic rings. The molecule has 2 aliphatic heterocycles. The van der Waals surface area contributed by atoms with Crippen LogP contribution in [0, 0.1) is 11.8 Å². The van der Waals surface area contributed by atoms with Crippen molar-refractivity contribution in [3.63, 3.8) is 0 Å². The highest BCUT2D eigenvalue weighted by Crippen LogP contribution is 2.49. The fourth-order valence-electron chi connectivity index (χ4n) is 3.97. The molecule has 0 amide bonds. The van der Waals surface area contributed by atoms with Gasteiger partial charge in [-0.05, 0) is 30.0 Å². The average molecular weight is 409 g/mol. The topological polar surface area (TPSA) is 91.4 Å². The van der Waals surface area contributed by atoms with Crippen molar-refractivity contribution in [2.24, 2.45) is 11.8 Å². The number of benzene rings is 1. The van der Waals surface area contributed by atoms with Crippen molar-refractivity contribution in [3.8, 4) is 5.75 Å². The van der Waals surface area contributed by atoms with Crippen molar-refractivity contribution in [1.82, 2.24) is 0 Å². The molecule has 0 bridgehead atoms. The van der Waals surface area contributed by atoms with Gasteiger partial charge < -0.3 is 23.8 Å². The van der Waals surface area contributed by atoms with E-state index in [1.165, 1.54) is 26.0 Å². The largest absolute Gasteiger partial charge is 0.497 e. The number of nitrogens with zero attached hydrogens (tertiary/aromatic N) is 1. The number of fused-ring (bicyclic) bond motifs is 1. The third-order valence-corrected chi connectivity index (χ3v) is 6.20. The fourth-order valence-corrected chi connectivity index (χ4v) is 5.00. The first-order valence-electron chi connectivity index (χ1n) is 8.88. The summed E-state index contributed by atoms with van der Waals surface area (Å²) >= 11 is 1.43. The Morgan fingerprint density at radius 2 is 1.68 bits per heavy atom. The summed E-state index contributed by atoms with van der Waals surface area (Å²) in [6, 6.07) is 5.08. The van der Waals surface area contributed by atoms with Gasteiger partial charge in [-0.15, -0.1) is 11.8 Å². The second kappa shape index (κ2) is 8.30. The molecule has 0 aromatic heterocycles. The van der Waals surface area contributed by atoms with Gasteiger partial charge in [-0.2, -0.15) is 0 Å². The first-order valence-corrected chi connectivity index (χ1v) is 9.93. The Morgan fingerprint density at radius 1 is 1.07 bits per heavy atom. The van der Waals surface area contributed by atoms with E-state index in [2.05, 4.69) is 0 Å². The SMILES string of the molecule is CCS[C@H]1OC(=O)[C@@H]2[C@H]1[C@@H](C(=O)OC)N(c1ccc(OC)cc1)[C@@H]2C(=O)OC.